The zero-order chi connectivity index (χ0) is 7.56. The van der Waals surface area contributed by atoms with Crippen LogP contribution in [0.5, 0.6) is 5.88 Å². The van der Waals surface area contributed by atoms with Gasteiger partial charge >= 0.3 is 0 Å². The number of halogens is 2. The van der Waals surface area contributed by atoms with Crippen LogP contribution < -0.4 is 4.74 Å². The summed E-state index contributed by atoms with van der Waals surface area (Å²) in [6, 6.07) is 0. The minimum atomic E-state index is 0.569. The first-order valence-corrected chi connectivity index (χ1v) is 4.33. The van der Waals surface area contributed by atoms with Crippen molar-refractivity contribution in [2.24, 2.45) is 0 Å². The Labute approximate surface area is 80.5 Å². The fraction of sp³-hybridized carbons (Fsp3) is 0.200. The summed E-state index contributed by atoms with van der Waals surface area (Å²) < 4.78 is 6.37. The molecule has 0 amide bonds. The predicted octanol–water partition coefficient (Wildman–Crippen LogP) is 1.85. The molecular formula is C5H4BrIN2O. The monoisotopic (exact) mass is 314 g/mol. The van der Waals surface area contributed by atoms with Crippen molar-refractivity contribution in [2.45, 2.75) is 0 Å². The van der Waals surface area contributed by atoms with Gasteiger partial charge in [-0.1, -0.05) is 0 Å². The highest BCUT2D eigenvalue weighted by Gasteiger charge is 2.00. The fourth-order valence-corrected chi connectivity index (χ4v) is 1.19. The lowest BCUT2D eigenvalue weighted by atomic mass is 10.6. The van der Waals surface area contributed by atoms with Gasteiger partial charge in [-0.05, 0) is 15.9 Å². The summed E-state index contributed by atoms with van der Waals surface area (Å²) in [5.74, 6) is 0.569. The van der Waals surface area contributed by atoms with Gasteiger partial charge in [0.2, 0.25) is 5.88 Å². The molecule has 10 heavy (non-hydrogen) atoms. The van der Waals surface area contributed by atoms with E-state index in [-0.39, 0.29) is 0 Å². The maximum Gasteiger partial charge on any atom is 0.231 e. The van der Waals surface area contributed by atoms with E-state index in [4.69, 9.17) is 4.74 Å². The van der Waals surface area contributed by atoms with Gasteiger partial charge in [0.05, 0.1) is 11.6 Å². The lowest BCUT2D eigenvalue weighted by Crippen LogP contribution is -1.92. The van der Waals surface area contributed by atoms with E-state index < -0.39 is 0 Å². The third-order valence-electron chi connectivity index (χ3n) is 0.876. The zero-order valence-corrected chi connectivity index (χ0v) is 8.88. The van der Waals surface area contributed by atoms with Crippen molar-refractivity contribution >= 4 is 38.5 Å². The summed E-state index contributed by atoms with van der Waals surface area (Å²) in [6.07, 6.45) is 1.66. The molecule has 0 atom stereocenters. The van der Waals surface area contributed by atoms with Crippen LogP contribution in [0.2, 0.25) is 0 Å². The Hall–Kier alpha value is 0.0900. The molecule has 0 saturated heterocycles. The number of nitrogens with zero attached hydrogens (tertiary/aromatic N) is 2. The van der Waals surface area contributed by atoms with Gasteiger partial charge in [0, 0.05) is 28.8 Å². The van der Waals surface area contributed by atoms with Crippen LogP contribution in [-0.2, 0) is 0 Å². The van der Waals surface area contributed by atoms with Crippen molar-refractivity contribution in [3.8, 4) is 5.88 Å². The van der Waals surface area contributed by atoms with E-state index in [1.165, 1.54) is 0 Å². The highest BCUT2D eigenvalue weighted by Crippen LogP contribution is 2.20. The Morgan fingerprint density at radius 3 is 2.90 bits per heavy atom. The Balaban J connectivity index is 3.09. The van der Waals surface area contributed by atoms with E-state index in [9.17, 15) is 0 Å². The van der Waals surface area contributed by atoms with E-state index in [0.29, 0.717) is 9.71 Å². The molecule has 0 N–H and O–H groups in total. The topological polar surface area (TPSA) is 35.0 Å². The second kappa shape index (κ2) is 3.47. The van der Waals surface area contributed by atoms with Crippen molar-refractivity contribution in [3.63, 3.8) is 0 Å². The maximum absolute atomic E-state index is 4.92. The summed E-state index contributed by atoms with van der Waals surface area (Å²) >= 11 is 5.26. The SMILES string of the molecule is COc1nc(I)ncc1Br. The number of aromatic nitrogens is 2. The van der Waals surface area contributed by atoms with Gasteiger partial charge in [0.1, 0.15) is 0 Å². The molecule has 0 fully saturated rings. The van der Waals surface area contributed by atoms with Crippen LogP contribution in [0.3, 0.4) is 0 Å². The molecule has 0 aliphatic carbocycles. The zero-order valence-electron chi connectivity index (χ0n) is 5.14. The third-order valence-corrected chi connectivity index (χ3v) is 1.94. The summed E-state index contributed by atoms with van der Waals surface area (Å²) in [5.41, 5.74) is 0. The Morgan fingerprint density at radius 2 is 2.40 bits per heavy atom. The fourth-order valence-electron chi connectivity index (χ4n) is 0.474. The summed E-state index contributed by atoms with van der Waals surface area (Å²) in [4.78, 5) is 7.93. The van der Waals surface area contributed by atoms with Crippen molar-refractivity contribution in [1.82, 2.24) is 9.97 Å². The van der Waals surface area contributed by atoms with E-state index in [2.05, 4.69) is 25.9 Å². The van der Waals surface area contributed by atoms with Crippen LogP contribution in [0.1, 0.15) is 0 Å². The molecule has 1 rings (SSSR count). The minimum absolute atomic E-state index is 0.569. The van der Waals surface area contributed by atoms with Crippen molar-refractivity contribution in [1.29, 1.82) is 0 Å². The molecule has 0 radical (unpaired) electrons. The molecule has 0 bridgehead atoms. The molecule has 0 aliphatic rings. The molecule has 0 saturated carbocycles. The molecule has 1 heterocycles. The van der Waals surface area contributed by atoms with Crippen molar-refractivity contribution in [3.05, 3.63) is 14.5 Å². The van der Waals surface area contributed by atoms with Crippen LogP contribution in [0.15, 0.2) is 10.7 Å². The largest absolute Gasteiger partial charge is 0.480 e. The van der Waals surface area contributed by atoms with Crippen LogP contribution in [-0.4, -0.2) is 17.1 Å². The van der Waals surface area contributed by atoms with Gasteiger partial charge in [-0.15, -0.1) is 0 Å². The first-order chi connectivity index (χ1) is 4.74. The summed E-state index contributed by atoms with van der Waals surface area (Å²) in [6.45, 7) is 0. The molecule has 0 spiro atoms. The molecular weight excluding hydrogens is 311 g/mol. The summed E-state index contributed by atoms with van der Waals surface area (Å²) in [7, 11) is 1.57. The molecule has 1 aromatic rings. The van der Waals surface area contributed by atoms with Gasteiger partial charge in [-0.3, -0.25) is 0 Å². The maximum atomic E-state index is 4.92. The Morgan fingerprint density at radius 1 is 1.70 bits per heavy atom. The predicted molar refractivity (Wildman–Crippen MR) is 49.0 cm³/mol. The van der Waals surface area contributed by atoms with E-state index >= 15 is 0 Å². The average molecular weight is 315 g/mol. The average Bonchev–Trinajstić information content (AvgIpc) is 1.94. The van der Waals surface area contributed by atoms with Gasteiger partial charge in [0.25, 0.3) is 0 Å². The Bertz CT molecular complexity index is 243. The van der Waals surface area contributed by atoms with Crippen LogP contribution >= 0.6 is 38.5 Å². The van der Waals surface area contributed by atoms with E-state index in [0.717, 1.165) is 4.47 Å². The smallest absolute Gasteiger partial charge is 0.231 e. The van der Waals surface area contributed by atoms with Gasteiger partial charge in [-0.25, -0.2) is 4.98 Å². The van der Waals surface area contributed by atoms with Gasteiger partial charge in [-0.2, -0.15) is 4.98 Å². The number of rotatable bonds is 1. The first-order valence-electron chi connectivity index (χ1n) is 2.46. The molecule has 0 unspecified atom stereocenters. The first kappa shape index (κ1) is 8.19. The van der Waals surface area contributed by atoms with Crippen LogP contribution in [0.25, 0.3) is 0 Å². The number of methoxy groups -OCH3 is 1. The number of ether oxygens (including phenoxy) is 1. The molecule has 1 aromatic heterocycles. The van der Waals surface area contributed by atoms with E-state index in [1.54, 1.807) is 13.3 Å². The number of hydrogen-bond donors (Lipinski definition) is 0. The molecule has 5 heteroatoms. The highest BCUT2D eigenvalue weighted by atomic mass is 127. The lowest BCUT2D eigenvalue weighted by Gasteiger charge is -1.99. The van der Waals surface area contributed by atoms with Crippen LogP contribution in [0.4, 0.5) is 0 Å². The molecule has 0 aliphatic heterocycles. The van der Waals surface area contributed by atoms with Crippen molar-refractivity contribution < 1.29 is 4.74 Å². The lowest BCUT2D eigenvalue weighted by molar-refractivity contribution is 0.392. The second-order valence-electron chi connectivity index (χ2n) is 1.50. The van der Waals surface area contributed by atoms with Gasteiger partial charge < -0.3 is 4.74 Å². The number of hydrogen-bond acceptors (Lipinski definition) is 3. The van der Waals surface area contributed by atoms with Crippen LogP contribution in [0, 0.1) is 3.83 Å². The Kier molecular flexibility index (Phi) is 2.84. The molecule has 0 aromatic carbocycles. The normalized spacial score (nSPS) is 9.50. The highest BCUT2D eigenvalue weighted by molar-refractivity contribution is 14.1. The standard InChI is InChI=1S/C5H4BrIN2O/c1-10-4-3(6)2-8-5(7)9-4/h2H,1H3. The summed E-state index contributed by atoms with van der Waals surface area (Å²) in [5, 5.41) is 0. The van der Waals surface area contributed by atoms with Gasteiger partial charge in [0.15, 0.2) is 3.83 Å². The third kappa shape index (κ3) is 1.79. The minimum Gasteiger partial charge on any atom is -0.480 e. The molecule has 54 valence electrons. The van der Waals surface area contributed by atoms with Crippen molar-refractivity contribution in [2.75, 3.05) is 7.11 Å². The van der Waals surface area contributed by atoms with E-state index in [1.807, 2.05) is 22.6 Å². The molecule has 3 nitrogen and oxygen atoms in total. The quantitative estimate of drug-likeness (QED) is 0.586. The second-order valence-corrected chi connectivity index (χ2v) is 3.32.